The number of benzene rings is 1. The van der Waals surface area contributed by atoms with Crippen LogP contribution >= 0.6 is 35.4 Å². The first-order valence-corrected chi connectivity index (χ1v) is 6.54. The molecule has 0 radical (unpaired) electrons. The van der Waals surface area contributed by atoms with E-state index in [1.54, 1.807) is 12.1 Å². The average Bonchev–Trinajstić information content (AvgIpc) is 3.13. The van der Waals surface area contributed by atoms with Gasteiger partial charge >= 0.3 is 0 Å². The number of carbonyl (C=O) groups is 1. The zero-order valence-corrected chi connectivity index (χ0v) is 11.6. The second-order valence-corrected chi connectivity index (χ2v) is 5.18. The molecule has 0 aromatic heterocycles. The third kappa shape index (κ3) is 3.73. The molecule has 1 aliphatic rings. The molecule has 1 fully saturated rings. The summed E-state index contributed by atoms with van der Waals surface area (Å²) < 4.78 is 0. The summed E-state index contributed by atoms with van der Waals surface area (Å²) in [4.78, 5) is 11.8. The van der Waals surface area contributed by atoms with Crippen LogP contribution in [0.15, 0.2) is 18.2 Å². The van der Waals surface area contributed by atoms with Gasteiger partial charge in [-0.05, 0) is 43.3 Å². The summed E-state index contributed by atoms with van der Waals surface area (Å²) in [5, 5.41) is 4.19. The van der Waals surface area contributed by atoms with Crippen LogP contribution in [0.2, 0.25) is 10.0 Å². The van der Waals surface area contributed by atoms with Crippen LogP contribution in [-0.4, -0.2) is 17.1 Å². The number of hydrogen-bond acceptors (Lipinski definition) is 2. The Bertz CT molecular complexity index is 491. The first-order valence-electron chi connectivity index (χ1n) is 5.38. The summed E-state index contributed by atoms with van der Waals surface area (Å²) in [5.41, 5.74) is 5.52. The van der Waals surface area contributed by atoms with Gasteiger partial charge in [0.2, 0.25) is 0 Å². The van der Waals surface area contributed by atoms with Crippen molar-refractivity contribution in [3.8, 4) is 0 Å². The third-order valence-corrected chi connectivity index (χ3v) is 3.34. The van der Waals surface area contributed by atoms with E-state index >= 15 is 0 Å². The maximum absolute atomic E-state index is 11.8. The van der Waals surface area contributed by atoms with Crippen molar-refractivity contribution < 1.29 is 4.79 Å². The second kappa shape index (κ2) is 5.73. The smallest absolute Gasteiger partial charge is 0.269 e. The summed E-state index contributed by atoms with van der Waals surface area (Å²) in [5.74, 6) is -0.325. The van der Waals surface area contributed by atoms with Gasteiger partial charge in [-0.15, -0.1) is 0 Å². The van der Waals surface area contributed by atoms with Crippen molar-refractivity contribution in [3.05, 3.63) is 33.8 Å². The Morgan fingerprint density at radius 3 is 2.56 bits per heavy atom. The largest absolute Gasteiger partial charge is 0.359 e. The van der Waals surface area contributed by atoms with Gasteiger partial charge in [-0.1, -0.05) is 23.2 Å². The highest BCUT2D eigenvalue weighted by Crippen LogP contribution is 2.22. The molecule has 0 unspecified atom stereocenters. The fourth-order valence-corrected chi connectivity index (χ4v) is 1.79. The van der Waals surface area contributed by atoms with E-state index in [-0.39, 0.29) is 5.91 Å². The fraction of sp³-hybridized carbons (Fsp3) is 0.273. The van der Waals surface area contributed by atoms with Crippen LogP contribution in [0.25, 0.3) is 0 Å². The highest BCUT2D eigenvalue weighted by molar-refractivity contribution is 7.80. The SMILES string of the molecule is O=C(NNC(=S)NC1CC1)c1ccc(Cl)c(Cl)c1. The van der Waals surface area contributed by atoms with E-state index < -0.39 is 0 Å². The van der Waals surface area contributed by atoms with Gasteiger partial charge in [0.05, 0.1) is 10.0 Å². The normalized spacial score (nSPS) is 13.9. The zero-order valence-electron chi connectivity index (χ0n) is 9.30. The maximum atomic E-state index is 11.8. The van der Waals surface area contributed by atoms with Crippen molar-refractivity contribution in [1.29, 1.82) is 0 Å². The van der Waals surface area contributed by atoms with Crippen LogP contribution in [0.3, 0.4) is 0 Å². The number of hydrogen-bond donors (Lipinski definition) is 3. The quantitative estimate of drug-likeness (QED) is 0.579. The lowest BCUT2D eigenvalue weighted by atomic mass is 10.2. The molecule has 0 atom stereocenters. The molecule has 18 heavy (non-hydrogen) atoms. The van der Waals surface area contributed by atoms with Crippen LogP contribution in [0, 0.1) is 0 Å². The monoisotopic (exact) mass is 303 g/mol. The van der Waals surface area contributed by atoms with Crippen LogP contribution in [-0.2, 0) is 0 Å². The van der Waals surface area contributed by atoms with E-state index in [2.05, 4.69) is 16.2 Å². The number of halogens is 2. The van der Waals surface area contributed by atoms with E-state index in [9.17, 15) is 4.79 Å². The van der Waals surface area contributed by atoms with Crippen molar-refractivity contribution in [2.24, 2.45) is 0 Å². The van der Waals surface area contributed by atoms with Crippen LogP contribution in [0.5, 0.6) is 0 Å². The minimum atomic E-state index is -0.325. The van der Waals surface area contributed by atoms with Gasteiger partial charge < -0.3 is 5.32 Å². The minimum Gasteiger partial charge on any atom is -0.359 e. The molecule has 96 valence electrons. The first-order chi connectivity index (χ1) is 8.56. The van der Waals surface area contributed by atoms with Crippen LogP contribution < -0.4 is 16.2 Å². The average molecular weight is 304 g/mol. The minimum absolute atomic E-state index is 0.325. The van der Waals surface area contributed by atoms with Crippen molar-refractivity contribution in [1.82, 2.24) is 16.2 Å². The predicted octanol–water partition coefficient (Wildman–Crippen LogP) is 2.26. The lowest BCUT2D eigenvalue weighted by Gasteiger charge is -2.11. The Balaban J connectivity index is 1.86. The Morgan fingerprint density at radius 2 is 1.94 bits per heavy atom. The number of amides is 1. The molecule has 0 heterocycles. The molecular weight excluding hydrogens is 293 g/mol. The van der Waals surface area contributed by atoms with E-state index in [1.807, 2.05) is 0 Å². The summed E-state index contributed by atoms with van der Waals surface area (Å²) in [7, 11) is 0. The van der Waals surface area contributed by atoms with E-state index in [4.69, 9.17) is 35.4 Å². The molecule has 1 aromatic rings. The van der Waals surface area contributed by atoms with Crippen molar-refractivity contribution in [2.75, 3.05) is 0 Å². The van der Waals surface area contributed by atoms with Crippen molar-refractivity contribution in [2.45, 2.75) is 18.9 Å². The third-order valence-electron chi connectivity index (χ3n) is 2.38. The van der Waals surface area contributed by atoms with E-state index in [0.717, 1.165) is 12.8 Å². The maximum Gasteiger partial charge on any atom is 0.269 e. The van der Waals surface area contributed by atoms with Crippen LogP contribution in [0.1, 0.15) is 23.2 Å². The Hall–Kier alpha value is -1.04. The van der Waals surface area contributed by atoms with Gasteiger partial charge in [-0.3, -0.25) is 15.6 Å². The summed E-state index contributed by atoms with van der Waals surface area (Å²) in [6.07, 6.45) is 2.23. The standard InChI is InChI=1S/C11H11Cl2N3OS/c12-8-4-1-6(5-9(8)13)10(17)15-16-11(18)14-7-2-3-7/h1,4-5,7H,2-3H2,(H,15,17)(H2,14,16,18). The Morgan fingerprint density at radius 1 is 1.22 bits per heavy atom. The molecule has 1 aromatic carbocycles. The highest BCUT2D eigenvalue weighted by atomic mass is 35.5. The molecule has 0 saturated heterocycles. The van der Waals surface area contributed by atoms with Gasteiger partial charge in [0, 0.05) is 11.6 Å². The Kier molecular flexibility index (Phi) is 4.27. The van der Waals surface area contributed by atoms with Gasteiger partial charge in [0.25, 0.3) is 5.91 Å². The lowest BCUT2D eigenvalue weighted by molar-refractivity contribution is 0.0943. The molecule has 0 bridgehead atoms. The molecule has 1 aliphatic carbocycles. The molecular formula is C11H11Cl2N3OS. The second-order valence-electron chi connectivity index (χ2n) is 3.96. The topological polar surface area (TPSA) is 53.2 Å². The van der Waals surface area contributed by atoms with Crippen molar-refractivity contribution >= 4 is 46.4 Å². The zero-order chi connectivity index (χ0) is 13.1. The van der Waals surface area contributed by atoms with Crippen molar-refractivity contribution in [3.63, 3.8) is 0 Å². The molecule has 0 aliphatic heterocycles. The number of carbonyl (C=O) groups excluding carboxylic acids is 1. The number of thiocarbonyl (C=S) groups is 1. The van der Waals surface area contributed by atoms with Gasteiger partial charge in [-0.2, -0.15) is 0 Å². The molecule has 1 amide bonds. The molecule has 7 heteroatoms. The molecule has 4 nitrogen and oxygen atoms in total. The summed E-state index contributed by atoms with van der Waals surface area (Å²) in [6, 6.07) is 5.09. The number of hydrazine groups is 1. The molecule has 3 N–H and O–H groups in total. The van der Waals surface area contributed by atoms with Gasteiger partial charge in [0.15, 0.2) is 5.11 Å². The molecule has 0 spiro atoms. The highest BCUT2D eigenvalue weighted by Gasteiger charge is 2.21. The number of nitrogens with one attached hydrogen (secondary N) is 3. The van der Waals surface area contributed by atoms with Gasteiger partial charge in [0.1, 0.15) is 0 Å². The fourth-order valence-electron chi connectivity index (χ4n) is 1.27. The van der Waals surface area contributed by atoms with Gasteiger partial charge in [-0.25, -0.2) is 0 Å². The molecule has 2 rings (SSSR count). The lowest BCUT2D eigenvalue weighted by Crippen LogP contribution is -2.47. The summed E-state index contributed by atoms with van der Waals surface area (Å²) in [6.45, 7) is 0. The summed E-state index contributed by atoms with van der Waals surface area (Å²) >= 11 is 16.6. The number of rotatable bonds is 2. The van der Waals surface area contributed by atoms with E-state index in [0.29, 0.717) is 26.8 Å². The van der Waals surface area contributed by atoms with Crippen LogP contribution in [0.4, 0.5) is 0 Å². The van der Waals surface area contributed by atoms with E-state index in [1.165, 1.54) is 6.07 Å². The Labute approximate surface area is 120 Å². The molecule has 1 saturated carbocycles. The predicted molar refractivity (Wildman–Crippen MR) is 75.8 cm³/mol. The first kappa shape index (κ1) is 13.4.